The molecular weight excluding hydrogens is 572 g/mol. The lowest BCUT2D eigenvalue weighted by atomic mass is 9.82. The number of rotatable bonds is 10. The van der Waals surface area contributed by atoms with Crippen molar-refractivity contribution >= 4 is 22.6 Å². The van der Waals surface area contributed by atoms with Gasteiger partial charge in [-0.25, -0.2) is 27.9 Å². The van der Waals surface area contributed by atoms with Crippen molar-refractivity contribution in [3.05, 3.63) is 90.0 Å². The Hall–Kier alpha value is -4.10. The van der Waals surface area contributed by atoms with Gasteiger partial charge in [-0.2, -0.15) is 4.39 Å². The maximum absolute atomic E-state index is 15.1. The standard InChI is InChI=1S/C29H28F4N6O2S/c1-29(16-30)13-19(14-34-17-29)37-28-36-11-9-22(38-28)20-8-5-10-35-27(20)41-23-12-21(31)26(25(33)24(23)32)39-42(40)15-18-6-3-2-4-7-18/h2-12,19,34,39H,13-17H2,1H3,(H,36,37,38). The van der Waals surface area contributed by atoms with Crippen molar-refractivity contribution in [2.75, 3.05) is 29.8 Å². The molecule has 3 unspecified atom stereocenters. The van der Waals surface area contributed by atoms with Gasteiger partial charge in [0.25, 0.3) is 0 Å². The van der Waals surface area contributed by atoms with Gasteiger partial charge in [-0.05, 0) is 30.2 Å². The van der Waals surface area contributed by atoms with Gasteiger partial charge in [0.05, 0.1) is 23.7 Å². The lowest BCUT2D eigenvalue weighted by Gasteiger charge is -2.37. The van der Waals surface area contributed by atoms with Crippen LogP contribution in [0.1, 0.15) is 18.9 Å². The van der Waals surface area contributed by atoms with Crippen LogP contribution in [-0.2, 0) is 16.7 Å². The first-order chi connectivity index (χ1) is 20.2. The van der Waals surface area contributed by atoms with E-state index in [1.165, 1.54) is 12.4 Å². The maximum atomic E-state index is 15.1. The summed E-state index contributed by atoms with van der Waals surface area (Å²) >= 11 is 0. The van der Waals surface area contributed by atoms with Crippen LogP contribution in [0.25, 0.3) is 11.3 Å². The second-order valence-electron chi connectivity index (χ2n) is 10.3. The Bertz CT molecular complexity index is 1580. The molecule has 0 aliphatic carbocycles. The zero-order valence-corrected chi connectivity index (χ0v) is 23.4. The van der Waals surface area contributed by atoms with Crippen LogP contribution in [0.5, 0.6) is 11.6 Å². The van der Waals surface area contributed by atoms with Gasteiger partial charge in [0.15, 0.2) is 17.4 Å². The zero-order chi connectivity index (χ0) is 29.7. The predicted molar refractivity (Wildman–Crippen MR) is 153 cm³/mol. The molecular formula is C29H28F4N6O2S. The van der Waals surface area contributed by atoms with E-state index in [-0.39, 0.29) is 23.6 Å². The van der Waals surface area contributed by atoms with Crippen LogP contribution >= 0.6 is 0 Å². The fraction of sp³-hybridized carbons (Fsp3) is 0.276. The average Bonchev–Trinajstić information content (AvgIpc) is 2.99. The highest BCUT2D eigenvalue weighted by Crippen LogP contribution is 2.36. The van der Waals surface area contributed by atoms with E-state index in [0.29, 0.717) is 42.4 Å². The molecule has 3 N–H and O–H groups in total. The quantitative estimate of drug-likeness (QED) is 0.157. The van der Waals surface area contributed by atoms with Crippen molar-refractivity contribution in [1.82, 2.24) is 20.3 Å². The lowest BCUT2D eigenvalue weighted by molar-refractivity contribution is 0.168. The van der Waals surface area contributed by atoms with Crippen LogP contribution in [0.4, 0.5) is 29.2 Å². The van der Waals surface area contributed by atoms with E-state index in [2.05, 4.69) is 30.3 Å². The van der Waals surface area contributed by atoms with Gasteiger partial charge in [0.1, 0.15) is 16.7 Å². The van der Waals surface area contributed by atoms with Crippen molar-refractivity contribution < 1.29 is 26.5 Å². The number of nitrogens with one attached hydrogen (secondary N) is 3. The highest BCUT2D eigenvalue weighted by atomic mass is 32.2. The normalized spacial score (nSPS) is 19.2. The number of hydrogen-bond donors (Lipinski definition) is 3. The third-order valence-electron chi connectivity index (χ3n) is 6.73. The number of anilines is 2. The summed E-state index contributed by atoms with van der Waals surface area (Å²) in [4.78, 5) is 12.9. The number of hydrogen-bond acceptors (Lipinski definition) is 7. The largest absolute Gasteiger partial charge is 0.435 e. The molecule has 0 radical (unpaired) electrons. The molecule has 220 valence electrons. The number of alkyl halides is 1. The number of pyridine rings is 1. The monoisotopic (exact) mass is 600 g/mol. The third-order valence-corrected chi connectivity index (χ3v) is 7.76. The second-order valence-corrected chi connectivity index (χ2v) is 11.5. The Morgan fingerprint density at radius 1 is 1.07 bits per heavy atom. The molecule has 4 aromatic rings. The van der Waals surface area contributed by atoms with E-state index >= 15 is 4.39 Å². The highest BCUT2D eigenvalue weighted by molar-refractivity contribution is 7.85. The molecule has 0 saturated carbocycles. The molecule has 3 heterocycles. The van der Waals surface area contributed by atoms with E-state index in [0.717, 1.165) is 0 Å². The third kappa shape index (κ3) is 6.85. The van der Waals surface area contributed by atoms with E-state index in [9.17, 15) is 17.4 Å². The first-order valence-electron chi connectivity index (χ1n) is 13.1. The topological polar surface area (TPSA) is 101 Å². The molecule has 5 rings (SSSR count). The molecule has 2 aromatic carbocycles. The SMILES string of the molecule is CC1(CF)CNCC(Nc2nccc(-c3cccnc3Oc3cc(F)c(NS(=O)Cc4ccccc4)c(F)c3F)n2)C1. The molecule has 1 aliphatic heterocycles. The van der Waals surface area contributed by atoms with Crippen LogP contribution in [0.2, 0.25) is 0 Å². The Kier molecular flexibility index (Phi) is 8.97. The van der Waals surface area contributed by atoms with Crippen molar-refractivity contribution in [1.29, 1.82) is 0 Å². The maximum Gasteiger partial charge on any atom is 0.228 e. The molecule has 3 atom stereocenters. The summed E-state index contributed by atoms with van der Waals surface area (Å²) in [6.45, 7) is 2.57. The molecule has 13 heteroatoms. The molecule has 1 aliphatic rings. The minimum absolute atomic E-state index is 0.0426. The summed E-state index contributed by atoms with van der Waals surface area (Å²) in [5.74, 6) is -4.94. The number of halogens is 4. The lowest BCUT2D eigenvalue weighted by Crippen LogP contribution is -2.49. The minimum Gasteiger partial charge on any atom is -0.435 e. The number of ether oxygens (including phenoxy) is 1. The van der Waals surface area contributed by atoms with Gasteiger partial charge in [0.2, 0.25) is 17.6 Å². The van der Waals surface area contributed by atoms with Gasteiger partial charge in [-0.3, -0.25) is 9.11 Å². The van der Waals surface area contributed by atoms with E-state index in [1.54, 1.807) is 48.5 Å². The fourth-order valence-corrected chi connectivity index (χ4v) is 5.62. The highest BCUT2D eigenvalue weighted by Gasteiger charge is 2.32. The van der Waals surface area contributed by atoms with Crippen molar-refractivity contribution in [2.24, 2.45) is 5.41 Å². The summed E-state index contributed by atoms with van der Waals surface area (Å²) in [5, 5.41) is 6.42. The summed E-state index contributed by atoms with van der Waals surface area (Å²) in [5.41, 5.74) is -0.0469. The molecule has 2 aromatic heterocycles. The summed E-state index contributed by atoms with van der Waals surface area (Å²) in [6.07, 6.45) is 3.45. The van der Waals surface area contributed by atoms with Gasteiger partial charge in [-0.15, -0.1) is 0 Å². The molecule has 0 spiro atoms. The van der Waals surface area contributed by atoms with Gasteiger partial charge in [-0.1, -0.05) is 37.3 Å². The van der Waals surface area contributed by atoms with Crippen LogP contribution in [0, 0.1) is 22.9 Å². The molecule has 42 heavy (non-hydrogen) atoms. The van der Waals surface area contributed by atoms with Crippen molar-refractivity contribution in [2.45, 2.75) is 25.1 Å². The van der Waals surface area contributed by atoms with Crippen molar-refractivity contribution in [3.8, 4) is 22.9 Å². The average molecular weight is 601 g/mol. The molecule has 1 saturated heterocycles. The Labute approximate surface area is 242 Å². The molecule has 0 bridgehead atoms. The van der Waals surface area contributed by atoms with E-state index < -0.39 is 52.0 Å². The Morgan fingerprint density at radius 3 is 2.67 bits per heavy atom. The second kappa shape index (κ2) is 12.8. The molecule has 1 fully saturated rings. The Balaban J connectivity index is 1.35. The van der Waals surface area contributed by atoms with Crippen LogP contribution in [-0.4, -0.2) is 45.0 Å². The minimum atomic E-state index is -1.93. The summed E-state index contributed by atoms with van der Waals surface area (Å²) in [6, 6.07) is 14.0. The first-order valence-corrected chi connectivity index (χ1v) is 14.4. The number of benzene rings is 2. The van der Waals surface area contributed by atoms with E-state index in [4.69, 9.17) is 4.74 Å². The zero-order valence-electron chi connectivity index (χ0n) is 22.5. The smallest absolute Gasteiger partial charge is 0.228 e. The summed E-state index contributed by atoms with van der Waals surface area (Å²) in [7, 11) is -1.93. The molecule has 8 nitrogen and oxygen atoms in total. The van der Waals surface area contributed by atoms with Crippen molar-refractivity contribution in [3.63, 3.8) is 0 Å². The van der Waals surface area contributed by atoms with E-state index in [1.807, 2.05) is 6.92 Å². The molecule has 0 amide bonds. The van der Waals surface area contributed by atoms with Crippen LogP contribution < -0.4 is 20.1 Å². The number of piperidine rings is 1. The fourth-order valence-electron chi connectivity index (χ4n) is 4.64. The van der Waals surface area contributed by atoms with Crippen LogP contribution in [0.3, 0.4) is 0 Å². The Morgan fingerprint density at radius 2 is 1.88 bits per heavy atom. The number of aromatic nitrogens is 3. The number of nitrogens with zero attached hydrogens (tertiary/aromatic N) is 3. The first kappa shape index (κ1) is 29.4. The van der Waals surface area contributed by atoms with Gasteiger partial charge >= 0.3 is 0 Å². The van der Waals surface area contributed by atoms with Crippen LogP contribution in [0.15, 0.2) is 67.0 Å². The van der Waals surface area contributed by atoms with Gasteiger partial charge in [0, 0.05) is 43.0 Å². The van der Waals surface area contributed by atoms with Gasteiger partial charge < -0.3 is 15.4 Å². The summed E-state index contributed by atoms with van der Waals surface area (Å²) < 4.78 is 78.6. The predicted octanol–water partition coefficient (Wildman–Crippen LogP) is 5.77.